The van der Waals surface area contributed by atoms with Crippen LogP contribution in [0.25, 0.3) is 5.69 Å². The van der Waals surface area contributed by atoms with Crippen molar-refractivity contribution in [1.82, 2.24) is 14.8 Å². The number of hydrogen-bond acceptors (Lipinski definition) is 3. The Morgan fingerprint density at radius 1 is 1.31 bits per heavy atom. The zero-order valence-corrected chi connectivity index (χ0v) is 8.27. The second-order valence-corrected chi connectivity index (χ2v) is 3.46. The third-order valence-electron chi connectivity index (χ3n) is 1.59. The molecular weight excluding hydrogens is 232 g/mol. The highest BCUT2D eigenvalue weighted by atomic mass is 79.9. The minimum atomic E-state index is 0.509. The quantitative estimate of drug-likeness (QED) is 0.822. The van der Waals surface area contributed by atoms with E-state index in [1.54, 1.807) is 23.1 Å². The van der Waals surface area contributed by atoms with Crippen molar-refractivity contribution in [3.8, 4) is 5.69 Å². The number of aromatic nitrogens is 3. The van der Waals surface area contributed by atoms with Crippen LogP contribution in [0.5, 0.6) is 0 Å². The number of nitrogens with two attached hydrogens (primary N) is 1. The number of anilines is 1. The average molecular weight is 239 g/mol. The normalized spacial score (nSPS) is 10.2. The van der Waals surface area contributed by atoms with Gasteiger partial charge in [-0.05, 0) is 28.1 Å². The Balaban J connectivity index is 2.41. The standard InChI is InChI=1S/C8H7BrN4/c9-6-3-12-13(5-6)7-1-2-8(10)11-4-7/h1-5H,(H2,10,11). The van der Waals surface area contributed by atoms with E-state index in [0.717, 1.165) is 10.2 Å². The molecule has 4 nitrogen and oxygen atoms in total. The number of rotatable bonds is 1. The summed E-state index contributed by atoms with van der Waals surface area (Å²) in [4.78, 5) is 3.97. The van der Waals surface area contributed by atoms with E-state index in [2.05, 4.69) is 26.0 Å². The fourth-order valence-corrected chi connectivity index (χ4v) is 1.26. The van der Waals surface area contributed by atoms with E-state index in [4.69, 9.17) is 5.73 Å². The van der Waals surface area contributed by atoms with Crippen LogP contribution in [0, 0.1) is 0 Å². The number of pyridine rings is 1. The van der Waals surface area contributed by atoms with Gasteiger partial charge >= 0.3 is 0 Å². The minimum absolute atomic E-state index is 0.509. The van der Waals surface area contributed by atoms with E-state index in [1.165, 1.54) is 0 Å². The molecule has 0 saturated carbocycles. The summed E-state index contributed by atoms with van der Waals surface area (Å²) in [6, 6.07) is 3.60. The molecule has 2 aromatic heterocycles. The molecular formula is C8H7BrN4. The van der Waals surface area contributed by atoms with Crippen molar-refractivity contribution in [3.05, 3.63) is 35.2 Å². The van der Waals surface area contributed by atoms with Crippen molar-refractivity contribution < 1.29 is 0 Å². The van der Waals surface area contributed by atoms with Gasteiger partial charge in [0, 0.05) is 6.20 Å². The van der Waals surface area contributed by atoms with Gasteiger partial charge in [-0.2, -0.15) is 5.10 Å². The lowest BCUT2D eigenvalue weighted by Gasteiger charge is -1.99. The summed E-state index contributed by atoms with van der Waals surface area (Å²) in [5.74, 6) is 0.509. The minimum Gasteiger partial charge on any atom is -0.384 e. The van der Waals surface area contributed by atoms with Crippen LogP contribution in [-0.4, -0.2) is 14.8 Å². The molecule has 2 heterocycles. The first-order valence-electron chi connectivity index (χ1n) is 3.68. The highest BCUT2D eigenvalue weighted by Crippen LogP contribution is 2.11. The van der Waals surface area contributed by atoms with E-state index >= 15 is 0 Å². The fourth-order valence-electron chi connectivity index (χ4n) is 0.975. The molecule has 0 aromatic carbocycles. The number of nitrogen functional groups attached to an aromatic ring is 1. The summed E-state index contributed by atoms with van der Waals surface area (Å²) in [7, 11) is 0. The van der Waals surface area contributed by atoms with Crippen LogP contribution in [-0.2, 0) is 0 Å². The molecule has 0 aliphatic rings. The molecule has 66 valence electrons. The van der Waals surface area contributed by atoms with Crippen LogP contribution in [0.4, 0.5) is 5.82 Å². The maximum atomic E-state index is 5.46. The predicted molar refractivity (Wildman–Crippen MR) is 53.5 cm³/mol. The second kappa shape index (κ2) is 3.18. The molecule has 0 saturated heterocycles. The molecule has 0 unspecified atom stereocenters. The molecule has 0 atom stereocenters. The fraction of sp³-hybridized carbons (Fsp3) is 0. The maximum absolute atomic E-state index is 5.46. The first kappa shape index (κ1) is 8.25. The van der Waals surface area contributed by atoms with Gasteiger partial charge in [0.2, 0.25) is 0 Å². The lowest BCUT2D eigenvalue weighted by Crippen LogP contribution is -1.96. The van der Waals surface area contributed by atoms with Gasteiger partial charge in [-0.25, -0.2) is 9.67 Å². The third-order valence-corrected chi connectivity index (χ3v) is 2.00. The summed E-state index contributed by atoms with van der Waals surface area (Å²) in [5.41, 5.74) is 6.35. The van der Waals surface area contributed by atoms with Gasteiger partial charge in [0.05, 0.1) is 22.6 Å². The Labute approximate surface area is 83.5 Å². The average Bonchev–Trinajstić information content (AvgIpc) is 2.53. The molecule has 0 spiro atoms. The Kier molecular flexibility index (Phi) is 2.02. The molecule has 0 radical (unpaired) electrons. The molecule has 13 heavy (non-hydrogen) atoms. The predicted octanol–water partition coefficient (Wildman–Crippen LogP) is 1.61. The monoisotopic (exact) mass is 238 g/mol. The van der Waals surface area contributed by atoms with Crippen molar-refractivity contribution >= 4 is 21.7 Å². The van der Waals surface area contributed by atoms with Crippen molar-refractivity contribution in [3.63, 3.8) is 0 Å². The summed E-state index contributed by atoms with van der Waals surface area (Å²) >= 11 is 3.32. The van der Waals surface area contributed by atoms with Gasteiger partial charge in [-0.15, -0.1) is 0 Å². The molecule has 2 aromatic rings. The zero-order valence-electron chi connectivity index (χ0n) is 6.68. The maximum Gasteiger partial charge on any atom is 0.123 e. The zero-order chi connectivity index (χ0) is 9.26. The first-order valence-corrected chi connectivity index (χ1v) is 4.47. The van der Waals surface area contributed by atoms with Gasteiger partial charge in [-0.1, -0.05) is 0 Å². The smallest absolute Gasteiger partial charge is 0.123 e. The molecule has 0 amide bonds. The second-order valence-electron chi connectivity index (χ2n) is 2.54. The lowest BCUT2D eigenvalue weighted by atomic mass is 10.4. The van der Waals surface area contributed by atoms with Gasteiger partial charge < -0.3 is 5.73 Å². The highest BCUT2D eigenvalue weighted by Gasteiger charge is 1.98. The van der Waals surface area contributed by atoms with E-state index < -0.39 is 0 Å². The number of nitrogens with zero attached hydrogens (tertiary/aromatic N) is 3. The Morgan fingerprint density at radius 3 is 2.69 bits per heavy atom. The van der Waals surface area contributed by atoms with Crippen LogP contribution in [0.15, 0.2) is 35.2 Å². The highest BCUT2D eigenvalue weighted by molar-refractivity contribution is 9.10. The van der Waals surface area contributed by atoms with E-state index in [1.807, 2.05) is 12.3 Å². The molecule has 0 fully saturated rings. The Morgan fingerprint density at radius 2 is 2.15 bits per heavy atom. The van der Waals surface area contributed by atoms with Crippen LogP contribution >= 0.6 is 15.9 Å². The van der Waals surface area contributed by atoms with E-state index in [-0.39, 0.29) is 0 Å². The van der Waals surface area contributed by atoms with Crippen LogP contribution in [0.1, 0.15) is 0 Å². The van der Waals surface area contributed by atoms with Crippen molar-refractivity contribution in [2.75, 3.05) is 5.73 Å². The molecule has 0 bridgehead atoms. The van der Waals surface area contributed by atoms with Gasteiger partial charge in [0.15, 0.2) is 0 Å². The topological polar surface area (TPSA) is 56.7 Å². The third kappa shape index (κ3) is 1.70. The van der Waals surface area contributed by atoms with Crippen LogP contribution in [0.3, 0.4) is 0 Å². The summed E-state index contributed by atoms with van der Waals surface area (Å²) in [6.07, 6.45) is 5.25. The van der Waals surface area contributed by atoms with E-state index in [9.17, 15) is 0 Å². The summed E-state index contributed by atoms with van der Waals surface area (Å²) in [6.45, 7) is 0. The van der Waals surface area contributed by atoms with E-state index in [0.29, 0.717) is 5.82 Å². The van der Waals surface area contributed by atoms with Crippen LogP contribution in [0.2, 0.25) is 0 Å². The van der Waals surface area contributed by atoms with Gasteiger partial charge in [-0.3, -0.25) is 0 Å². The molecule has 2 rings (SSSR count). The van der Waals surface area contributed by atoms with Gasteiger partial charge in [0.1, 0.15) is 5.82 Å². The summed E-state index contributed by atoms with van der Waals surface area (Å²) < 4.78 is 2.65. The van der Waals surface area contributed by atoms with Crippen LogP contribution < -0.4 is 5.73 Å². The van der Waals surface area contributed by atoms with Crippen molar-refractivity contribution in [2.45, 2.75) is 0 Å². The molecule has 0 aliphatic heterocycles. The largest absolute Gasteiger partial charge is 0.384 e. The molecule has 5 heteroatoms. The van der Waals surface area contributed by atoms with Crippen molar-refractivity contribution in [2.24, 2.45) is 0 Å². The SMILES string of the molecule is Nc1ccc(-n2cc(Br)cn2)cn1. The number of hydrogen-bond donors (Lipinski definition) is 1. The number of halogens is 1. The van der Waals surface area contributed by atoms with Crippen molar-refractivity contribution in [1.29, 1.82) is 0 Å². The first-order chi connectivity index (χ1) is 6.25. The Hall–Kier alpha value is -1.36. The molecule has 2 N–H and O–H groups in total. The summed E-state index contributed by atoms with van der Waals surface area (Å²) in [5, 5.41) is 4.10. The van der Waals surface area contributed by atoms with Gasteiger partial charge in [0.25, 0.3) is 0 Å². The lowest BCUT2D eigenvalue weighted by molar-refractivity contribution is 0.874. The molecule has 0 aliphatic carbocycles. The Bertz CT molecular complexity index is 406.